The van der Waals surface area contributed by atoms with E-state index in [4.69, 9.17) is 5.73 Å². The molecule has 1 heterocycles. The molecule has 3 aliphatic rings. The number of nitrogens with two attached hydrogens (primary N) is 2. The summed E-state index contributed by atoms with van der Waals surface area (Å²) < 4.78 is 8.94. The minimum absolute atomic E-state index is 0.0827. The number of anilines is 2. The molecule has 0 fully saturated rings. The number of nitrogens with zero attached hydrogens (tertiary/aromatic N) is 2. The molecule has 4 aromatic carbocycles. The van der Waals surface area contributed by atoms with E-state index in [9.17, 15) is 0 Å². The van der Waals surface area contributed by atoms with E-state index in [1.54, 1.807) is 14.2 Å². The number of methoxy groups -OCH3 is 2. The molecule has 0 aromatic heterocycles. The minimum Gasteiger partial charge on any atom is -0.399 e. The van der Waals surface area contributed by atoms with Gasteiger partial charge in [0, 0.05) is 49.5 Å². The third-order valence-electron chi connectivity index (χ3n) is 11.9. The predicted octanol–water partition coefficient (Wildman–Crippen LogP) is 9.59. The van der Waals surface area contributed by atoms with Gasteiger partial charge < -0.3 is 25.8 Å². The molecule has 53 heavy (non-hydrogen) atoms. The summed E-state index contributed by atoms with van der Waals surface area (Å²) >= 11 is 0. The summed E-state index contributed by atoms with van der Waals surface area (Å²) in [5.74, 6) is 0. The van der Waals surface area contributed by atoms with Crippen LogP contribution in [0.1, 0.15) is 111 Å². The van der Waals surface area contributed by atoms with Crippen LogP contribution < -0.4 is 16.4 Å². The number of fused-ring (bicyclic) bond motifs is 3. The van der Waals surface area contributed by atoms with Crippen molar-refractivity contribution in [3.63, 3.8) is 0 Å². The number of benzene rings is 4. The van der Waals surface area contributed by atoms with Gasteiger partial charge in [-0.05, 0) is 127 Å². The molecule has 2 aliphatic carbocycles. The lowest BCUT2D eigenvalue weighted by Crippen LogP contribution is -2.40. The Balaban J connectivity index is 0.000000210. The van der Waals surface area contributed by atoms with Crippen molar-refractivity contribution in [2.45, 2.75) is 103 Å². The van der Waals surface area contributed by atoms with Gasteiger partial charge in [-0.15, -0.1) is 0 Å². The number of hydrogen-bond acceptors (Lipinski definition) is 6. The summed E-state index contributed by atoms with van der Waals surface area (Å²) in [7, 11) is 6.90. The van der Waals surface area contributed by atoms with Crippen molar-refractivity contribution in [1.29, 1.82) is 0 Å². The zero-order chi connectivity index (χ0) is 39.4. The van der Waals surface area contributed by atoms with Gasteiger partial charge >= 0.3 is 0 Å². The van der Waals surface area contributed by atoms with Crippen molar-refractivity contribution in [3.05, 3.63) is 129 Å². The van der Waals surface area contributed by atoms with E-state index < -0.39 is 0 Å². The van der Waals surface area contributed by atoms with E-state index in [1.807, 2.05) is 12.1 Å². The third-order valence-corrected chi connectivity index (χ3v) is 11.9. The Hall–Kier alpha value is -3.68. The Morgan fingerprint density at radius 3 is 1.72 bits per heavy atom. The molecule has 0 bridgehead atoms. The summed E-state index contributed by atoms with van der Waals surface area (Å²) in [6.45, 7) is 24.6. The van der Waals surface area contributed by atoms with Crippen LogP contribution in [0.3, 0.4) is 0 Å². The molecule has 6 nitrogen and oxygen atoms in total. The number of nitrogen functional groups attached to an aromatic ring is 1. The van der Waals surface area contributed by atoms with Crippen LogP contribution in [0.25, 0.3) is 0 Å². The highest BCUT2D eigenvalue weighted by Crippen LogP contribution is 2.54. The Morgan fingerprint density at radius 2 is 1.17 bits per heavy atom. The number of ether oxygens (including phenoxy) is 2. The Labute approximate surface area is 321 Å². The zero-order valence-electron chi connectivity index (χ0n) is 35.1. The quantitative estimate of drug-likeness (QED) is 0.158. The molecule has 0 amide bonds. The maximum atomic E-state index is 5.82. The van der Waals surface area contributed by atoms with Gasteiger partial charge in [0.1, 0.15) is 6.79 Å². The van der Waals surface area contributed by atoms with Crippen molar-refractivity contribution in [3.8, 4) is 0 Å². The lowest BCUT2D eigenvalue weighted by Gasteiger charge is -2.37. The Kier molecular flexibility index (Phi) is 13.3. The minimum atomic E-state index is 0.0827. The second kappa shape index (κ2) is 16.8. The van der Waals surface area contributed by atoms with E-state index in [0.29, 0.717) is 6.79 Å². The molecule has 288 valence electrons. The van der Waals surface area contributed by atoms with Crippen molar-refractivity contribution in [1.82, 2.24) is 4.90 Å². The largest absolute Gasteiger partial charge is 0.399 e. The maximum absolute atomic E-state index is 5.82. The van der Waals surface area contributed by atoms with Crippen LogP contribution in [0.4, 0.5) is 11.4 Å². The standard InChI is InChI=1S/C25H34N2.C18H21N.C3H8O2.CH5N/c1-8-27-16-26(7)14-19-13-20(9-10-23(19)27)25(6)15-24(4,5)21-11-17(2)18(3)12-22(21)25;1-17(2)12-18(3,13-8-10-14(19)11-9-13)16-7-5-4-6-15(16)17;1-4-3-5-2;1-2/h9-13H,8,14-16H2,1-7H3;4-11H,12,19H2,1-3H3;3H2,1-2H3;2H2,1H3. The van der Waals surface area contributed by atoms with Crippen LogP contribution in [0.2, 0.25) is 0 Å². The van der Waals surface area contributed by atoms with Crippen LogP contribution in [0, 0.1) is 13.8 Å². The molecule has 0 spiro atoms. The van der Waals surface area contributed by atoms with Gasteiger partial charge in [0.15, 0.2) is 0 Å². The Bertz CT molecular complexity index is 1830. The molecule has 1 aliphatic heterocycles. The smallest absolute Gasteiger partial charge is 0.145 e. The molecule has 2 unspecified atom stereocenters. The number of rotatable bonds is 5. The Morgan fingerprint density at radius 1 is 0.660 bits per heavy atom. The fourth-order valence-electron chi connectivity index (χ4n) is 9.36. The monoisotopic (exact) mass is 721 g/mol. The summed E-state index contributed by atoms with van der Waals surface area (Å²) in [5.41, 5.74) is 26.3. The van der Waals surface area contributed by atoms with Gasteiger partial charge in [0.05, 0.1) is 6.67 Å². The van der Waals surface area contributed by atoms with Crippen LogP contribution in [0.5, 0.6) is 0 Å². The van der Waals surface area contributed by atoms with Gasteiger partial charge in [-0.25, -0.2) is 0 Å². The average molecular weight is 721 g/mol. The van der Waals surface area contributed by atoms with E-state index in [1.165, 1.54) is 69.2 Å². The lowest BCUT2D eigenvalue weighted by molar-refractivity contribution is -0.00272. The molecular formula is C47H68N4O2. The molecule has 0 saturated heterocycles. The SMILES string of the molecule is CC1(C)CC(C)(c2ccc(N)cc2)c2ccccc21.CCN1CN(C)Cc2cc(C3(C)CC(C)(C)c4cc(C)c(C)cc43)ccc21.CN.COCOC. The van der Waals surface area contributed by atoms with Crippen LogP contribution in [-0.2, 0) is 37.7 Å². The van der Waals surface area contributed by atoms with Gasteiger partial charge in [-0.2, -0.15) is 0 Å². The van der Waals surface area contributed by atoms with Crippen molar-refractivity contribution < 1.29 is 9.47 Å². The predicted molar refractivity (Wildman–Crippen MR) is 226 cm³/mol. The van der Waals surface area contributed by atoms with E-state index in [-0.39, 0.29) is 21.7 Å². The van der Waals surface area contributed by atoms with E-state index in [0.717, 1.165) is 31.9 Å². The van der Waals surface area contributed by atoms with Crippen LogP contribution in [0.15, 0.2) is 78.9 Å². The molecule has 6 heteroatoms. The first-order valence-electron chi connectivity index (χ1n) is 19.2. The first-order valence-corrected chi connectivity index (χ1v) is 19.2. The first-order chi connectivity index (χ1) is 25.0. The molecule has 4 aromatic rings. The summed E-state index contributed by atoms with van der Waals surface area (Å²) in [4.78, 5) is 4.89. The molecule has 0 radical (unpaired) electrons. The summed E-state index contributed by atoms with van der Waals surface area (Å²) in [6, 6.07) is 29.4. The fourth-order valence-corrected chi connectivity index (χ4v) is 9.36. The van der Waals surface area contributed by atoms with Gasteiger partial charge in [-0.3, -0.25) is 4.90 Å². The highest BCUT2D eigenvalue weighted by Gasteiger charge is 2.47. The molecule has 7 rings (SSSR count). The lowest BCUT2D eigenvalue weighted by atomic mass is 9.74. The van der Waals surface area contributed by atoms with Gasteiger partial charge in [0.2, 0.25) is 0 Å². The second-order valence-corrected chi connectivity index (χ2v) is 17.0. The van der Waals surface area contributed by atoms with Crippen LogP contribution in [-0.4, -0.2) is 53.2 Å². The molecule has 0 saturated carbocycles. The zero-order valence-corrected chi connectivity index (χ0v) is 35.1. The first kappa shape index (κ1) is 42.1. The van der Waals surface area contributed by atoms with E-state index >= 15 is 0 Å². The van der Waals surface area contributed by atoms with Crippen molar-refractivity contribution >= 4 is 11.4 Å². The van der Waals surface area contributed by atoms with Crippen molar-refractivity contribution in [2.24, 2.45) is 5.73 Å². The molecule has 4 N–H and O–H groups in total. The highest BCUT2D eigenvalue weighted by atomic mass is 16.6. The highest BCUT2D eigenvalue weighted by molar-refractivity contribution is 5.61. The van der Waals surface area contributed by atoms with Crippen LogP contribution >= 0.6 is 0 Å². The van der Waals surface area contributed by atoms with Gasteiger partial charge in [-0.1, -0.05) is 102 Å². The van der Waals surface area contributed by atoms with E-state index in [2.05, 4.69) is 161 Å². The fraction of sp³-hybridized carbons (Fsp3) is 0.489. The van der Waals surface area contributed by atoms with Crippen molar-refractivity contribution in [2.75, 3.05) is 59.0 Å². The van der Waals surface area contributed by atoms with Gasteiger partial charge in [0.25, 0.3) is 0 Å². The summed E-state index contributed by atoms with van der Waals surface area (Å²) in [6.07, 6.45) is 2.31. The maximum Gasteiger partial charge on any atom is 0.145 e. The normalized spacial score (nSPS) is 21.8. The summed E-state index contributed by atoms with van der Waals surface area (Å²) in [5, 5.41) is 0. The number of aryl methyl sites for hydroxylation is 2. The average Bonchev–Trinajstić information content (AvgIpc) is 3.47. The number of hydrogen-bond donors (Lipinski definition) is 2. The third kappa shape index (κ3) is 8.52. The topological polar surface area (TPSA) is 77.0 Å². The second-order valence-electron chi connectivity index (χ2n) is 17.0. The molecule has 2 atom stereocenters. The molecular weight excluding hydrogens is 653 g/mol.